The summed E-state index contributed by atoms with van der Waals surface area (Å²) in [6.07, 6.45) is 0. The third-order valence-corrected chi connectivity index (χ3v) is 4.20. The first-order valence-electron chi connectivity index (χ1n) is 5.78. The molecule has 3 rings (SSSR count). The van der Waals surface area contributed by atoms with Gasteiger partial charge in [0.2, 0.25) is 0 Å². The first kappa shape index (κ1) is 14.6. The molecule has 0 saturated carbocycles. The zero-order chi connectivity index (χ0) is 15.1. The molecule has 0 bridgehead atoms. The van der Waals surface area contributed by atoms with Crippen molar-refractivity contribution in [3.8, 4) is 5.69 Å². The van der Waals surface area contributed by atoms with Gasteiger partial charge in [0.15, 0.2) is 5.58 Å². The van der Waals surface area contributed by atoms with Crippen molar-refractivity contribution in [2.75, 3.05) is 0 Å². The zero-order valence-corrected chi connectivity index (χ0v) is 14.2. The van der Waals surface area contributed by atoms with Crippen molar-refractivity contribution in [1.82, 2.24) is 4.57 Å². The highest BCUT2D eigenvalue weighted by Crippen LogP contribution is 2.26. The number of aromatic nitrogens is 1. The molecule has 1 aromatic heterocycles. The normalized spacial score (nSPS) is 11.0. The molecule has 0 fully saturated rings. The zero-order valence-electron chi connectivity index (χ0n) is 10.3. The summed E-state index contributed by atoms with van der Waals surface area (Å²) in [5.41, 5.74) is 0.167. The van der Waals surface area contributed by atoms with Crippen LogP contribution in [0.4, 0.5) is 0 Å². The fraction of sp³-hybridized carbons (Fsp3) is 0. The maximum atomic E-state index is 12.6. The second-order valence-electron chi connectivity index (χ2n) is 4.25. The Balaban J connectivity index is 2.42. The molecular weight excluding hydrogens is 425 g/mol. The van der Waals surface area contributed by atoms with Crippen molar-refractivity contribution in [2.24, 2.45) is 0 Å². The number of nitrogens with zero attached hydrogens (tertiary/aromatic N) is 1. The number of rotatable bonds is 1. The first-order chi connectivity index (χ1) is 9.97. The van der Waals surface area contributed by atoms with Gasteiger partial charge < -0.3 is 4.42 Å². The van der Waals surface area contributed by atoms with Gasteiger partial charge in [0, 0.05) is 9.50 Å². The van der Waals surface area contributed by atoms with Gasteiger partial charge in [-0.25, -0.2) is 9.36 Å². The molecule has 21 heavy (non-hydrogen) atoms. The molecule has 0 unspecified atom stereocenters. The van der Waals surface area contributed by atoms with Crippen molar-refractivity contribution in [3.63, 3.8) is 0 Å². The minimum atomic E-state index is -0.752. The molecule has 0 radical (unpaired) electrons. The van der Waals surface area contributed by atoms with Crippen LogP contribution in [0.5, 0.6) is 0 Å². The van der Waals surface area contributed by atoms with Crippen LogP contribution >= 0.6 is 43.5 Å². The van der Waals surface area contributed by atoms with E-state index in [1.54, 1.807) is 36.4 Å². The highest BCUT2D eigenvalue weighted by atomic mass is 79.9. The maximum Gasteiger partial charge on any atom is 0.427 e. The molecule has 0 atom stereocenters. The van der Waals surface area contributed by atoms with Gasteiger partial charge in [-0.3, -0.25) is 4.79 Å². The Morgan fingerprint density at radius 1 is 1.05 bits per heavy atom. The molecular formula is C14H6Br2ClNO3. The van der Waals surface area contributed by atoms with Crippen LogP contribution in [-0.4, -0.2) is 4.57 Å². The summed E-state index contributed by atoms with van der Waals surface area (Å²) >= 11 is 12.4. The van der Waals surface area contributed by atoms with E-state index in [0.29, 0.717) is 25.0 Å². The molecule has 1 heterocycles. The summed E-state index contributed by atoms with van der Waals surface area (Å²) in [5.74, 6) is -0.752. The van der Waals surface area contributed by atoms with Crippen LogP contribution in [0.1, 0.15) is 0 Å². The average molecular weight is 431 g/mol. The minimum Gasteiger partial charge on any atom is -0.408 e. The summed E-state index contributed by atoms with van der Waals surface area (Å²) in [6.45, 7) is 0. The van der Waals surface area contributed by atoms with Gasteiger partial charge in [-0.2, -0.15) is 0 Å². The maximum absolute atomic E-state index is 12.6. The lowest BCUT2D eigenvalue weighted by Crippen LogP contribution is -2.31. The molecule has 2 aromatic carbocycles. The van der Waals surface area contributed by atoms with Crippen molar-refractivity contribution in [1.29, 1.82) is 0 Å². The fourth-order valence-electron chi connectivity index (χ4n) is 1.97. The van der Waals surface area contributed by atoms with E-state index in [0.717, 1.165) is 4.57 Å². The number of benzene rings is 2. The smallest absolute Gasteiger partial charge is 0.408 e. The number of halogens is 3. The highest BCUT2D eigenvalue weighted by molar-refractivity contribution is 9.11. The number of fused-ring (bicyclic) bond motifs is 1. The van der Waals surface area contributed by atoms with E-state index in [-0.39, 0.29) is 5.58 Å². The van der Waals surface area contributed by atoms with Crippen LogP contribution < -0.4 is 11.3 Å². The van der Waals surface area contributed by atoms with Crippen LogP contribution in [0.3, 0.4) is 0 Å². The molecule has 7 heteroatoms. The minimum absolute atomic E-state index is 0.221. The van der Waals surface area contributed by atoms with Gasteiger partial charge in [-0.1, -0.05) is 27.5 Å². The van der Waals surface area contributed by atoms with Crippen LogP contribution in [0.2, 0.25) is 5.02 Å². The summed E-state index contributed by atoms with van der Waals surface area (Å²) in [5, 5.41) is 0.813. The topological polar surface area (TPSA) is 52.2 Å². The van der Waals surface area contributed by atoms with Crippen molar-refractivity contribution >= 4 is 54.4 Å². The predicted octanol–water partition coefficient (Wildman–Crippen LogP) is 4.12. The second kappa shape index (κ2) is 5.44. The Labute approximate surface area is 140 Å². The molecule has 0 spiro atoms. The standard InChI is InChI=1S/C14H6Br2ClNO3/c15-7-5-10-12(11(16)6-7)21-14(20)18(13(10)19)9-3-1-8(17)2-4-9/h1-6H. The van der Waals surface area contributed by atoms with Crippen molar-refractivity contribution in [2.45, 2.75) is 0 Å². The van der Waals surface area contributed by atoms with Gasteiger partial charge >= 0.3 is 5.76 Å². The van der Waals surface area contributed by atoms with Crippen LogP contribution in [0.15, 0.2) is 59.3 Å². The number of hydrogen-bond acceptors (Lipinski definition) is 3. The molecule has 0 aliphatic carbocycles. The van der Waals surface area contributed by atoms with Gasteiger partial charge in [0.1, 0.15) is 0 Å². The number of hydrogen-bond donors (Lipinski definition) is 0. The average Bonchev–Trinajstić information content (AvgIpc) is 2.42. The summed E-state index contributed by atoms with van der Waals surface area (Å²) in [4.78, 5) is 24.7. The molecule has 0 saturated heterocycles. The van der Waals surface area contributed by atoms with Crippen molar-refractivity contribution < 1.29 is 4.42 Å². The molecule has 0 N–H and O–H groups in total. The Morgan fingerprint density at radius 2 is 1.71 bits per heavy atom. The van der Waals surface area contributed by atoms with Gasteiger partial charge in [0.25, 0.3) is 5.56 Å². The SMILES string of the molecule is O=c1oc2c(Br)cc(Br)cc2c(=O)n1-c1ccc(Cl)cc1. The lowest BCUT2D eigenvalue weighted by molar-refractivity contribution is 0.502. The molecule has 106 valence electrons. The molecule has 0 amide bonds. The van der Waals surface area contributed by atoms with E-state index in [4.69, 9.17) is 16.0 Å². The second-order valence-corrected chi connectivity index (χ2v) is 6.46. The predicted molar refractivity (Wildman–Crippen MR) is 88.5 cm³/mol. The summed E-state index contributed by atoms with van der Waals surface area (Å²) in [7, 11) is 0. The van der Waals surface area contributed by atoms with Crippen LogP contribution in [0, 0.1) is 0 Å². The quantitative estimate of drug-likeness (QED) is 0.582. The lowest BCUT2D eigenvalue weighted by atomic mass is 10.2. The molecule has 0 aliphatic rings. The lowest BCUT2D eigenvalue weighted by Gasteiger charge is -2.06. The molecule has 0 aliphatic heterocycles. The highest BCUT2D eigenvalue weighted by Gasteiger charge is 2.14. The van der Waals surface area contributed by atoms with E-state index in [9.17, 15) is 9.59 Å². The Morgan fingerprint density at radius 3 is 2.38 bits per heavy atom. The van der Waals surface area contributed by atoms with E-state index in [1.165, 1.54) is 0 Å². The van der Waals surface area contributed by atoms with Crippen LogP contribution in [0.25, 0.3) is 16.7 Å². The third-order valence-electron chi connectivity index (χ3n) is 2.90. The Kier molecular flexibility index (Phi) is 3.77. The molecule has 4 nitrogen and oxygen atoms in total. The Hall–Kier alpha value is -1.37. The largest absolute Gasteiger partial charge is 0.427 e. The van der Waals surface area contributed by atoms with E-state index in [1.807, 2.05) is 0 Å². The molecule has 3 aromatic rings. The fourth-order valence-corrected chi connectivity index (χ4v) is 3.40. The monoisotopic (exact) mass is 429 g/mol. The summed E-state index contributed by atoms with van der Waals surface area (Å²) < 4.78 is 7.46. The first-order valence-corrected chi connectivity index (χ1v) is 7.74. The van der Waals surface area contributed by atoms with Crippen LogP contribution in [-0.2, 0) is 0 Å². The van der Waals surface area contributed by atoms with Crippen molar-refractivity contribution in [3.05, 3.63) is 71.3 Å². The third kappa shape index (κ3) is 2.59. The van der Waals surface area contributed by atoms with E-state index < -0.39 is 11.3 Å². The van der Waals surface area contributed by atoms with E-state index >= 15 is 0 Å². The van der Waals surface area contributed by atoms with Gasteiger partial charge in [-0.05, 0) is 52.3 Å². The Bertz CT molecular complexity index is 961. The summed E-state index contributed by atoms with van der Waals surface area (Å²) in [6, 6.07) is 9.68. The van der Waals surface area contributed by atoms with Gasteiger partial charge in [-0.15, -0.1) is 0 Å². The van der Waals surface area contributed by atoms with E-state index in [2.05, 4.69) is 31.9 Å². The van der Waals surface area contributed by atoms with Gasteiger partial charge in [0.05, 0.1) is 15.5 Å².